The summed E-state index contributed by atoms with van der Waals surface area (Å²) in [4.78, 5) is 37.1. The van der Waals surface area contributed by atoms with Gasteiger partial charge in [-0.05, 0) is 38.8 Å². The second kappa shape index (κ2) is 14.9. The Morgan fingerprint density at radius 2 is 1.81 bits per heavy atom. The van der Waals surface area contributed by atoms with Crippen molar-refractivity contribution in [1.82, 2.24) is 15.6 Å². The van der Waals surface area contributed by atoms with Gasteiger partial charge in [0.05, 0.1) is 6.54 Å². The van der Waals surface area contributed by atoms with E-state index in [1.54, 1.807) is 6.20 Å². The Labute approximate surface area is 155 Å². The van der Waals surface area contributed by atoms with Gasteiger partial charge in [-0.1, -0.05) is 6.92 Å². The Morgan fingerprint density at radius 3 is 2.46 bits per heavy atom. The van der Waals surface area contributed by atoms with E-state index in [1.807, 2.05) is 6.92 Å². The lowest BCUT2D eigenvalue weighted by Crippen LogP contribution is -2.37. The van der Waals surface area contributed by atoms with Crippen LogP contribution in [0.4, 0.5) is 0 Å². The van der Waals surface area contributed by atoms with Crippen molar-refractivity contribution in [2.24, 2.45) is 16.6 Å². The van der Waals surface area contributed by atoms with E-state index in [-0.39, 0.29) is 30.7 Å². The van der Waals surface area contributed by atoms with Crippen molar-refractivity contribution in [1.29, 1.82) is 0 Å². The molecule has 0 atom stereocenters. The monoisotopic (exact) mass is 368 g/mol. The quantitative estimate of drug-likeness (QED) is 0.149. The maximum absolute atomic E-state index is 11.5. The summed E-state index contributed by atoms with van der Waals surface area (Å²) in [6.45, 7) is 6.27. The molecule has 9 heteroatoms. The molecule has 6 N–H and O–H groups in total. The van der Waals surface area contributed by atoms with Crippen molar-refractivity contribution < 1.29 is 14.4 Å². The molecule has 0 aliphatic rings. The summed E-state index contributed by atoms with van der Waals surface area (Å²) >= 11 is 0. The number of hydrazine groups is 1. The van der Waals surface area contributed by atoms with Gasteiger partial charge in [-0.15, -0.1) is 0 Å². The molecular formula is C17H32N6O3. The van der Waals surface area contributed by atoms with E-state index in [4.69, 9.17) is 11.6 Å². The summed E-state index contributed by atoms with van der Waals surface area (Å²) in [6, 6.07) is 0. The zero-order chi connectivity index (χ0) is 19.8. The number of hydrogen-bond acceptors (Lipinski definition) is 6. The van der Waals surface area contributed by atoms with Crippen molar-refractivity contribution in [3.8, 4) is 0 Å². The van der Waals surface area contributed by atoms with Crippen LogP contribution in [0.3, 0.4) is 0 Å². The van der Waals surface area contributed by atoms with Crippen LogP contribution in [-0.2, 0) is 14.4 Å². The van der Waals surface area contributed by atoms with Gasteiger partial charge >= 0.3 is 0 Å². The van der Waals surface area contributed by atoms with Gasteiger partial charge in [-0.2, -0.15) is 0 Å². The highest BCUT2D eigenvalue weighted by atomic mass is 16.2. The molecule has 0 heterocycles. The van der Waals surface area contributed by atoms with Gasteiger partial charge in [0.2, 0.25) is 17.7 Å². The largest absolute Gasteiger partial charge is 0.401 e. The maximum atomic E-state index is 11.5. The number of nitrogens with one attached hydrogen (secondary N) is 2. The summed E-state index contributed by atoms with van der Waals surface area (Å²) in [5, 5.41) is 6.81. The van der Waals surface area contributed by atoms with Crippen LogP contribution in [0.25, 0.3) is 0 Å². The highest BCUT2D eigenvalue weighted by Gasteiger charge is 2.04. The van der Waals surface area contributed by atoms with E-state index >= 15 is 0 Å². The smallest absolute Gasteiger partial charge is 0.245 e. The SMILES string of the molecule is C=NC(=O)CC/C(N)=C/N(N)CCCCCNC(=O)CNC(=O)CCC. The van der Waals surface area contributed by atoms with Crippen molar-refractivity contribution >= 4 is 24.4 Å². The fourth-order valence-electron chi connectivity index (χ4n) is 2.05. The molecule has 0 saturated heterocycles. The van der Waals surface area contributed by atoms with E-state index < -0.39 is 0 Å². The minimum absolute atomic E-state index is 0.0172. The number of aliphatic imine (C=N–C) groups is 1. The molecule has 0 radical (unpaired) electrons. The number of amides is 3. The van der Waals surface area contributed by atoms with Crippen molar-refractivity contribution in [3.63, 3.8) is 0 Å². The van der Waals surface area contributed by atoms with Crippen molar-refractivity contribution in [2.75, 3.05) is 19.6 Å². The fraction of sp³-hybridized carbons (Fsp3) is 0.647. The Balaban J connectivity index is 3.70. The summed E-state index contributed by atoms with van der Waals surface area (Å²) in [5.41, 5.74) is 6.29. The fourth-order valence-corrected chi connectivity index (χ4v) is 2.05. The zero-order valence-electron chi connectivity index (χ0n) is 15.6. The lowest BCUT2D eigenvalue weighted by atomic mass is 10.2. The lowest BCUT2D eigenvalue weighted by molar-refractivity contribution is -0.126. The van der Waals surface area contributed by atoms with Crippen LogP contribution in [0.5, 0.6) is 0 Å². The minimum atomic E-state index is -0.295. The molecule has 26 heavy (non-hydrogen) atoms. The number of nitrogens with zero attached hydrogens (tertiary/aromatic N) is 2. The number of unbranched alkanes of at least 4 members (excludes halogenated alkanes) is 2. The lowest BCUT2D eigenvalue weighted by Gasteiger charge is -2.14. The third kappa shape index (κ3) is 14.0. The Bertz CT molecular complexity index is 493. The van der Waals surface area contributed by atoms with E-state index in [2.05, 4.69) is 22.3 Å². The van der Waals surface area contributed by atoms with Gasteiger partial charge < -0.3 is 21.4 Å². The normalized spacial score (nSPS) is 10.9. The Morgan fingerprint density at radius 1 is 1.08 bits per heavy atom. The highest BCUT2D eigenvalue weighted by Crippen LogP contribution is 2.02. The molecule has 0 aliphatic carbocycles. The third-order valence-corrected chi connectivity index (χ3v) is 3.47. The number of carbonyl (C=O) groups excluding carboxylic acids is 3. The first-order valence-electron chi connectivity index (χ1n) is 8.89. The molecule has 0 saturated carbocycles. The van der Waals surface area contributed by atoms with Crippen LogP contribution < -0.4 is 22.2 Å². The molecule has 0 bridgehead atoms. The number of allylic oxidation sites excluding steroid dienone is 1. The number of nitrogens with two attached hydrogens (primary N) is 2. The summed E-state index contributed by atoms with van der Waals surface area (Å²) in [7, 11) is 0. The first-order chi connectivity index (χ1) is 12.4. The topological polar surface area (TPSA) is 143 Å². The van der Waals surface area contributed by atoms with E-state index in [9.17, 15) is 14.4 Å². The predicted octanol–water partition coefficient (Wildman–Crippen LogP) is 0.172. The van der Waals surface area contributed by atoms with Crippen LogP contribution >= 0.6 is 0 Å². The number of rotatable bonds is 14. The molecule has 0 spiro atoms. The van der Waals surface area contributed by atoms with E-state index in [0.717, 1.165) is 25.7 Å². The van der Waals surface area contributed by atoms with Gasteiger partial charge in [0.25, 0.3) is 0 Å². The molecule has 0 aliphatic heterocycles. The Hall–Kier alpha value is -2.42. The number of carbonyl (C=O) groups is 3. The second-order valence-electron chi connectivity index (χ2n) is 5.93. The predicted molar refractivity (Wildman–Crippen MR) is 102 cm³/mol. The average molecular weight is 368 g/mol. The van der Waals surface area contributed by atoms with E-state index in [1.165, 1.54) is 5.01 Å². The third-order valence-electron chi connectivity index (χ3n) is 3.47. The second-order valence-corrected chi connectivity index (χ2v) is 5.93. The zero-order valence-corrected chi connectivity index (χ0v) is 15.6. The Kier molecular flexibility index (Phi) is 13.5. The molecule has 0 unspecified atom stereocenters. The van der Waals surface area contributed by atoms with Gasteiger partial charge in [0, 0.05) is 37.8 Å². The van der Waals surface area contributed by atoms with Crippen molar-refractivity contribution in [3.05, 3.63) is 11.9 Å². The minimum Gasteiger partial charge on any atom is -0.401 e. The maximum Gasteiger partial charge on any atom is 0.245 e. The molecule has 0 aromatic rings. The van der Waals surface area contributed by atoms with Crippen LogP contribution in [0.15, 0.2) is 16.9 Å². The molecule has 148 valence electrons. The van der Waals surface area contributed by atoms with Crippen LogP contribution in [0.1, 0.15) is 51.9 Å². The van der Waals surface area contributed by atoms with Gasteiger partial charge in [0.1, 0.15) is 0 Å². The molecular weight excluding hydrogens is 336 g/mol. The average Bonchev–Trinajstić information content (AvgIpc) is 2.60. The first-order valence-corrected chi connectivity index (χ1v) is 8.89. The summed E-state index contributed by atoms with van der Waals surface area (Å²) < 4.78 is 0. The van der Waals surface area contributed by atoms with Crippen LogP contribution in [-0.4, -0.2) is 49.1 Å². The van der Waals surface area contributed by atoms with Crippen LogP contribution in [0, 0.1) is 0 Å². The molecule has 0 aromatic heterocycles. The van der Waals surface area contributed by atoms with Crippen molar-refractivity contribution in [2.45, 2.75) is 51.9 Å². The molecule has 3 amide bonds. The van der Waals surface area contributed by atoms with Gasteiger partial charge in [-0.25, -0.2) is 10.8 Å². The summed E-state index contributed by atoms with van der Waals surface area (Å²) in [5.74, 6) is 5.23. The highest BCUT2D eigenvalue weighted by molar-refractivity contribution is 5.84. The standard InChI is InChI=1S/C17H32N6O3/c1-3-7-16(25)22-12-17(26)21-10-5-4-6-11-23(19)13-14(18)8-9-15(24)20-2/h13H,2-12,18-19H2,1H3,(H,21,26)(H,22,25)/b14-13-. The van der Waals surface area contributed by atoms with Gasteiger partial charge in [-0.3, -0.25) is 14.4 Å². The number of hydrogen-bond donors (Lipinski definition) is 4. The van der Waals surface area contributed by atoms with Gasteiger partial charge in [0.15, 0.2) is 0 Å². The van der Waals surface area contributed by atoms with E-state index in [0.29, 0.717) is 31.6 Å². The summed E-state index contributed by atoms with van der Waals surface area (Å²) in [6.07, 6.45) is 5.97. The molecule has 9 nitrogen and oxygen atoms in total. The van der Waals surface area contributed by atoms with Crippen LogP contribution in [0.2, 0.25) is 0 Å². The molecule has 0 aromatic carbocycles. The molecule has 0 rings (SSSR count). The first kappa shape index (κ1) is 23.6. The molecule has 0 fully saturated rings.